The number of rotatable bonds is 3. The molecule has 0 bridgehead atoms. The Hall–Kier alpha value is -1.31. The summed E-state index contributed by atoms with van der Waals surface area (Å²) in [5.41, 5.74) is 6.71. The van der Waals surface area contributed by atoms with Gasteiger partial charge >= 0.3 is 0 Å². The Bertz CT molecular complexity index is 551. The molecule has 1 fully saturated rings. The average molecular weight is 271 g/mol. The van der Waals surface area contributed by atoms with Gasteiger partial charge in [-0.2, -0.15) is 0 Å². The molecule has 1 aromatic carbocycles. The smallest absolute Gasteiger partial charge is 0.238 e. The van der Waals surface area contributed by atoms with Crippen molar-refractivity contribution in [1.82, 2.24) is 0 Å². The number of hydrogen-bond acceptors (Lipinski definition) is 5. The second-order valence-corrected chi connectivity index (χ2v) is 6.34. The average Bonchev–Trinajstić information content (AvgIpc) is 2.67. The van der Waals surface area contributed by atoms with Crippen LogP contribution < -0.4 is 16.2 Å². The predicted molar refractivity (Wildman–Crippen MR) is 69.7 cm³/mol. The Balaban J connectivity index is 2.25. The van der Waals surface area contributed by atoms with E-state index in [4.69, 9.17) is 15.6 Å². The van der Waals surface area contributed by atoms with Gasteiger partial charge in [0.2, 0.25) is 10.0 Å². The fourth-order valence-electron chi connectivity index (χ4n) is 1.92. The molecule has 1 saturated heterocycles. The van der Waals surface area contributed by atoms with Crippen LogP contribution in [0.3, 0.4) is 0 Å². The maximum atomic E-state index is 11.2. The molecule has 0 aromatic heterocycles. The third-order valence-corrected chi connectivity index (χ3v) is 3.92. The lowest BCUT2D eigenvalue weighted by atomic mass is 10.0. The molecule has 5 N–H and O–H groups in total. The zero-order chi connectivity index (χ0) is 13.4. The largest absolute Gasteiger partial charge is 0.397 e. The van der Waals surface area contributed by atoms with Crippen molar-refractivity contribution >= 4 is 21.4 Å². The summed E-state index contributed by atoms with van der Waals surface area (Å²) in [5, 5.41) is 8.32. The predicted octanol–water partition coefficient (Wildman–Crippen LogP) is 0.507. The number of nitrogens with two attached hydrogens (primary N) is 2. The number of primary sulfonamides is 1. The number of sulfonamides is 1. The molecule has 6 nitrogen and oxygen atoms in total. The van der Waals surface area contributed by atoms with E-state index in [9.17, 15) is 8.42 Å². The second kappa shape index (κ2) is 4.42. The Kier molecular flexibility index (Phi) is 3.22. The number of benzene rings is 1. The van der Waals surface area contributed by atoms with Gasteiger partial charge in [-0.15, -0.1) is 0 Å². The number of anilines is 2. The molecule has 100 valence electrons. The molecule has 2 rings (SSSR count). The molecule has 1 heterocycles. The summed E-state index contributed by atoms with van der Waals surface area (Å²) in [7, 11) is -3.72. The van der Waals surface area contributed by atoms with Crippen LogP contribution in [0.25, 0.3) is 0 Å². The van der Waals surface area contributed by atoms with Crippen LogP contribution in [0.1, 0.15) is 13.3 Å². The fourth-order valence-corrected chi connectivity index (χ4v) is 2.47. The molecule has 1 aromatic rings. The van der Waals surface area contributed by atoms with Gasteiger partial charge in [0.25, 0.3) is 0 Å². The maximum Gasteiger partial charge on any atom is 0.238 e. The van der Waals surface area contributed by atoms with Crippen LogP contribution in [0, 0.1) is 0 Å². The summed E-state index contributed by atoms with van der Waals surface area (Å²) in [6, 6.07) is 4.42. The molecule has 0 aliphatic carbocycles. The number of ether oxygens (including phenoxy) is 1. The van der Waals surface area contributed by atoms with Crippen LogP contribution in [0.2, 0.25) is 0 Å². The Morgan fingerprint density at radius 1 is 1.44 bits per heavy atom. The standard InChI is InChI=1S/C11H17N3O3S/c1-11(4-5-17-7-11)14-10-3-2-8(6-9(10)12)18(13,15)16/h2-3,6,14H,4-5,7,12H2,1H3,(H2,13,15,16). The first kappa shape index (κ1) is 13.1. The van der Waals surface area contributed by atoms with E-state index in [1.807, 2.05) is 6.92 Å². The first-order chi connectivity index (χ1) is 8.30. The van der Waals surface area contributed by atoms with Crippen LogP contribution in [0.5, 0.6) is 0 Å². The molecule has 1 unspecified atom stereocenters. The van der Waals surface area contributed by atoms with Crippen LogP contribution in [0.15, 0.2) is 23.1 Å². The molecule has 18 heavy (non-hydrogen) atoms. The number of nitrogens with one attached hydrogen (secondary N) is 1. The van der Waals surface area contributed by atoms with Crippen molar-refractivity contribution in [3.63, 3.8) is 0 Å². The van der Waals surface area contributed by atoms with E-state index >= 15 is 0 Å². The quantitative estimate of drug-likeness (QED) is 0.694. The van der Waals surface area contributed by atoms with Crippen LogP contribution in [0.4, 0.5) is 11.4 Å². The van der Waals surface area contributed by atoms with Gasteiger partial charge in [0.1, 0.15) is 0 Å². The molecule has 1 atom stereocenters. The van der Waals surface area contributed by atoms with E-state index in [1.165, 1.54) is 12.1 Å². The Morgan fingerprint density at radius 2 is 2.17 bits per heavy atom. The Labute approximate surface area is 106 Å². The zero-order valence-corrected chi connectivity index (χ0v) is 11.0. The summed E-state index contributed by atoms with van der Waals surface area (Å²) in [6.45, 7) is 3.34. The normalized spacial score (nSPS) is 24.1. The summed E-state index contributed by atoms with van der Waals surface area (Å²) < 4.78 is 27.7. The highest BCUT2D eigenvalue weighted by Gasteiger charge is 2.29. The maximum absolute atomic E-state index is 11.2. The molecule has 1 aliphatic heterocycles. The van der Waals surface area contributed by atoms with E-state index in [-0.39, 0.29) is 10.4 Å². The van der Waals surface area contributed by atoms with Gasteiger partial charge in [-0.05, 0) is 31.5 Å². The highest BCUT2D eigenvalue weighted by Crippen LogP contribution is 2.28. The van der Waals surface area contributed by atoms with Gasteiger partial charge in [0, 0.05) is 6.61 Å². The van der Waals surface area contributed by atoms with E-state index < -0.39 is 10.0 Å². The lowest BCUT2D eigenvalue weighted by Crippen LogP contribution is -2.35. The molecule has 0 saturated carbocycles. The van der Waals surface area contributed by atoms with Gasteiger partial charge in [-0.25, -0.2) is 13.6 Å². The Morgan fingerprint density at radius 3 is 2.67 bits per heavy atom. The van der Waals surface area contributed by atoms with E-state index in [2.05, 4.69) is 5.32 Å². The van der Waals surface area contributed by atoms with Gasteiger partial charge in [0.05, 0.1) is 28.4 Å². The van der Waals surface area contributed by atoms with Gasteiger partial charge in [-0.3, -0.25) is 0 Å². The molecule has 0 spiro atoms. The van der Waals surface area contributed by atoms with Crippen molar-refractivity contribution in [2.45, 2.75) is 23.8 Å². The monoisotopic (exact) mass is 271 g/mol. The highest BCUT2D eigenvalue weighted by molar-refractivity contribution is 7.89. The highest BCUT2D eigenvalue weighted by atomic mass is 32.2. The SMILES string of the molecule is CC1(Nc2ccc(S(N)(=O)=O)cc2N)CCOC1. The van der Waals surface area contributed by atoms with E-state index in [1.54, 1.807) is 6.07 Å². The second-order valence-electron chi connectivity index (χ2n) is 4.78. The minimum absolute atomic E-state index is 0.0124. The van der Waals surface area contributed by atoms with E-state index in [0.717, 1.165) is 6.42 Å². The summed E-state index contributed by atoms with van der Waals surface area (Å²) in [4.78, 5) is 0.0124. The third-order valence-electron chi connectivity index (χ3n) is 3.01. The summed E-state index contributed by atoms with van der Waals surface area (Å²) >= 11 is 0. The van der Waals surface area contributed by atoms with Crippen LogP contribution in [-0.2, 0) is 14.8 Å². The third kappa shape index (κ3) is 2.74. The van der Waals surface area contributed by atoms with Crippen molar-refractivity contribution < 1.29 is 13.2 Å². The minimum Gasteiger partial charge on any atom is -0.397 e. The first-order valence-electron chi connectivity index (χ1n) is 5.58. The topological polar surface area (TPSA) is 107 Å². The fraction of sp³-hybridized carbons (Fsp3) is 0.455. The van der Waals surface area contributed by atoms with Crippen LogP contribution >= 0.6 is 0 Å². The van der Waals surface area contributed by atoms with Crippen molar-refractivity contribution in [3.05, 3.63) is 18.2 Å². The van der Waals surface area contributed by atoms with Crippen LogP contribution in [-0.4, -0.2) is 27.2 Å². The summed E-state index contributed by atoms with van der Waals surface area (Å²) in [5.74, 6) is 0. The first-order valence-corrected chi connectivity index (χ1v) is 7.13. The van der Waals surface area contributed by atoms with Crippen molar-refractivity contribution in [2.75, 3.05) is 24.3 Å². The van der Waals surface area contributed by atoms with Gasteiger partial charge in [0.15, 0.2) is 0 Å². The lowest BCUT2D eigenvalue weighted by Gasteiger charge is -2.26. The van der Waals surface area contributed by atoms with E-state index in [0.29, 0.717) is 24.6 Å². The molecule has 7 heteroatoms. The number of nitrogen functional groups attached to an aromatic ring is 1. The van der Waals surface area contributed by atoms with Gasteiger partial charge < -0.3 is 15.8 Å². The minimum atomic E-state index is -3.72. The molecule has 0 radical (unpaired) electrons. The molecule has 0 amide bonds. The van der Waals surface area contributed by atoms with Crippen molar-refractivity contribution in [1.29, 1.82) is 0 Å². The number of hydrogen-bond donors (Lipinski definition) is 3. The van der Waals surface area contributed by atoms with Gasteiger partial charge in [-0.1, -0.05) is 0 Å². The van der Waals surface area contributed by atoms with Crippen molar-refractivity contribution in [3.8, 4) is 0 Å². The molecular formula is C11H17N3O3S. The summed E-state index contributed by atoms with van der Waals surface area (Å²) in [6.07, 6.45) is 0.878. The molecule has 1 aliphatic rings. The molecular weight excluding hydrogens is 254 g/mol. The van der Waals surface area contributed by atoms with Crippen molar-refractivity contribution in [2.24, 2.45) is 5.14 Å². The lowest BCUT2D eigenvalue weighted by molar-refractivity contribution is 0.185. The zero-order valence-electron chi connectivity index (χ0n) is 10.1.